The molecule has 0 radical (unpaired) electrons. The fraction of sp³-hybridized carbons (Fsp3) is 0.625. The second-order valence-electron chi connectivity index (χ2n) is 3.50. The summed E-state index contributed by atoms with van der Waals surface area (Å²) < 4.78 is 0. The van der Waals surface area contributed by atoms with Gasteiger partial charge in [0.1, 0.15) is 5.69 Å². The number of carbonyl (C=O) groups is 1. The molecule has 0 spiro atoms. The smallest absolute Gasteiger partial charge is 0.358 e. The minimum atomic E-state index is -1.02. The summed E-state index contributed by atoms with van der Waals surface area (Å²) in [5.41, 5.74) is 0.612. The summed E-state index contributed by atoms with van der Waals surface area (Å²) in [6.07, 6.45) is 0.911. The molecular weight excluding hydrogens is 184 g/mol. The van der Waals surface area contributed by atoms with Gasteiger partial charge in [-0.3, -0.25) is 0 Å². The molecule has 6 heteroatoms. The van der Waals surface area contributed by atoms with E-state index in [1.54, 1.807) is 0 Å². The molecule has 0 aromatic carbocycles. The highest BCUT2D eigenvalue weighted by Gasteiger charge is 2.31. The molecule has 0 bridgehead atoms. The van der Waals surface area contributed by atoms with Gasteiger partial charge in [-0.2, -0.15) is 10.3 Å². The summed E-state index contributed by atoms with van der Waals surface area (Å²) in [6.45, 7) is 2.93. The number of carboxylic acid groups (broad SMARTS) is 1. The number of aromatic nitrogens is 3. The molecule has 1 aromatic heterocycles. The van der Waals surface area contributed by atoms with Crippen molar-refractivity contribution in [1.29, 1.82) is 0 Å². The van der Waals surface area contributed by atoms with Crippen LogP contribution in [0.1, 0.15) is 35.4 Å². The summed E-state index contributed by atoms with van der Waals surface area (Å²) >= 11 is 0. The first-order chi connectivity index (χ1) is 6.70. The highest BCUT2D eigenvalue weighted by atomic mass is 16.4. The second kappa shape index (κ2) is 3.38. The number of hydrogen-bond donors (Lipinski definition) is 3. The molecule has 1 aliphatic rings. The summed E-state index contributed by atoms with van der Waals surface area (Å²) in [5, 5.41) is 22.0. The van der Waals surface area contributed by atoms with E-state index in [1.807, 2.05) is 6.92 Å². The summed E-state index contributed by atoms with van der Waals surface area (Å²) in [5.74, 6) is -0.868. The van der Waals surface area contributed by atoms with Gasteiger partial charge in [0.15, 0.2) is 5.69 Å². The van der Waals surface area contributed by atoms with Crippen LogP contribution in [-0.2, 0) is 0 Å². The maximum Gasteiger partial charge on any atom is 0.358 e. The van der Waals surface area contributed by atoms with Crippen LogP contribution in [0, 0.1) is 0 Å². The van der Waals surface area contributed by atoms with Crippen molar-refractivity contribution in [3.8, 4) is 0 Å². The van der Waals surface area contributed by atoms with Gasteiger partial charge in [0.2, 0.25) is 0 Å². The van der Waals surface area contributed by atoms with Crippen LogP contribution in [0.15, 0.2) is 0 Å². The van der Waals surface area contributed by atoms with E-state index in [1.165, 1.54) is 0 Å². The fourth-order valence-electron chi connectivity index (χ4n) is 1.89. The van der Waals surface area contributed by atoms with Crippen LogP contribution in [-0.4, -0.2) is 39.1 Å². The quantitative estimate of drug-likeness (QED) is 0.617. The molecule has 0 aliphatic carbocycles. The predicted molar refractivity (Wildman–Crippen MR) is 48.2 cm³/mol. The lowest BCUT2D eigenvalue weighted by molar-refractivity contribution is 0.0688. The molecule has 76 valence electrons. The molecule has 1 fully saturated rings. The maximum absolute atomic E-state index is 10.8. The Balaban J connectivity index is 2.31. The average molecular weight is 196 g/mol. The van der Waals surface area contributed by atoms with E-state index in [4.69, 9.17) is 5.11 Å². The van der Waals surface area contributed by atoms with Crippen LogP contribution in [0.3, 0.4) is 0 Å². The molecule has 2 atom stereocenters. The van der Waals surface area contributed by atoms with Crippen LogP contribution in [0.25, 0.3) is 0 Å². The second-order valence-corrected chi connectivity index (χ2v) is 3.50. The summed E-state index contributed by atoms with van der Waals surface area (Å²) in [6, 6.07) is 0.262. The number of nitrogens with one attached hydrogen (secondary N) is 2. The van der Waals surface area contributed by atoms with E-state index in [0.717, 1.165) is 13.0 Å². The van der Waals surface area contributed by atoms with Gasteiger partial charge < -0.3 is 10.4 Å². The molecule has 6 nitrogen and oxygen atoms in total. The summed E-state index contributed by atoms with van der Waals surface area (Å²) in [4.78, 5) is 10.8. The van der Waals surface area contributed by atoms with Crippen LogP contribution >= 0.6 is 0 Å². The SMILES string of the molecule is CC1NCCC1c1n[nH]nc1C(=O)O. The Morgan fingerprint density at radius 2 is 2.36 bits per heavy atom. The molecule has 2 rings (SSSR count). The minimum Gasteiger partial charge on any atom is -0.476 e. The Morgan fingerprint density at radius 1 is 1.57 bits per heavy atom. The van der Waals surface area contributed by atoms with Crippen LogP contribution < -0.4 is 5.32 Å². The van der Waals surface area contributed by atoms with Gasteiger partial charge in [-0.1, -0.05) is 0 Å². The predicted octanol–water partition coefficient (Wildman–Crippen LogP) is -0.0317. The van der Waals surface area contributed by atoms with Crippen molar-refractivity contribution in [3.63, 3.8) is 0 Å². The molecule has 2 heterocycles. The van der Waals surface area contributed by atoms with E-state index in [0.29, 0.717) is 5.69 Å². The molecule has 1 saturated heterocycles. The van der Waals surface area contributed by atoms with E-state index in [-0.39, 0.29) is 17.7 Å². The zero-order valence-corrected chi connectivity index (χ0v) is 7.82. The van der Waals surface area contributed by atoms with Crippen LogP contribution in [0.2, 0.25) is 0 Å². The first-order valence-corrected chi connectivity index (χ1v) is 4.57. The van der Waals surface area contributed by atoms with Crippen molar-refractivity contribution < 1.29 is 9.90 Å². The number of aromatic carboxylic acids is 1. The largest absolute Gasteiger partial charge is 0.476 e. The van der Waals surface area contributed by atoms with Crippen molar-refractivity contribution in [3.05, 3.63) is 11.4 Å². The Bertz CT molecular complexity index is 349. The normalized spacial score (nSPS) is 26.6. The van der Waals surface area contributed by atoms with Crippen molar-refractivity contribution >= 4 is 5.97 Å². The van der Waals surface area contributed by atoms with Gasteiger partial charge in [-0.25, -0.2) is 4.79 Å². The Labute approximate surface area is 80.7 Å². The van der Waals surface area contributed by atoms with Crippen LogP contribution in [0.5, 0.6) is 0 Å². The van der Waals surface area contributed by atoms with Crippen molar-refractivity contribution in [1.82, 2.24) is 20.7 Å². The lowest BCUT2D eigenvalue weighted by Gasteiger charge is -2.11. The van der Waals surface area contributed by atoms with E-state index < -0.39 is 5.97 Å². The topological polar surface area (TPSA) is 90.9 Å². The van der Waals surface area contributed by atoms with E-state index in [9.17, 15) is 4.79 Å². The van der Waals surface area contributed by atoms with Crippen LogP contribution in [0.4, 0.5) is 0 Å². The third-order valence-corrected chi connectivity index (χ3v) is 2.65. The molecule has 3 N–H and O–H groups in total. The number of hydrogen-bond acceptors (Lipinski definition) is 4. The van der Waals surface area contributed by atoms with E-state index >= 15 is 0 Å². The number of nitrogens with zero attached hydrogens (tertiary/aromatic N) is 2. The molecule has 14 heavy (non-hydrogen) atoms. The maximum atomic E-state index is 10.8. The van der Waals surface area contributed by atoms with Gasteiger partial charge >= 0.3 is 5.97 Å². The van der Waals surface area contributed by atoms with Gasteiger partial charge in [-0.15, -0.1) is 5.10 Å². The minimum absolute atomic E-state index is 0.0468. The lowest BCUT2D eigenvalue weighted by atomic mass is 9.96. The van der Waals surface area contributed by atoms with E-state index in [2.05, 4.69) is 20.7 Å². The first kappa shape index (κ1) is 9.14. The average Bonchev–Trinajstić information content (AvgIpc) is 2.70. The standard InChI is InChI=1S/C8H12N4O2/c1-4-5(2-3-9-4)6-7(8(13)14)11-12-10-6/h4-5,9H,2-3H2,1H3,(H,13,14)(H,10,11,12). The van der Waals surface area contributed by atoms with Gasteiger partial charge in [0, 0.05) is 12.0 Å². The van der Waals surface area contributed by atoms with Gasteiger partial charge in [0.25, 0.3) is 0 Å². The molecular formula is C8H12N4O2. The fourth-order valence-corrected chi connectivity index (χ4v) is 1.89. The van der Waals surface area contributed by atoms with Gasteiger partial charge in [0.05, 0.1) is 0 Å². The van der Waals surface area contributed by atoms with Crippen molar-refractivity contribution in [2.75, 3.05) is 6.54 Å². The lowest BCUT2D eigenvalue weighted by Crippen LogP contribution is -2.22. The molecule has 0 amide bonds. The molecule has 0 saturated carbocycles. The summed E-state index contributed by atoms with van der Waals surface area (Å²) in [7, 11) is 0. The zero-order valence-electron chi connectivity index (χ0n) is 7.82. The molecule has 2 unspecified atom stereocenters. The number of aromatic amines is 1. The Morgan fingerprint density at radius 3 is 2.93 bits per heavy atom. The highest BCUT2D eigenvalue weighted by Crippen LogP contribution is 2.27. The molecule has 1 aromatic rings. The van der Waals surface area contributed by atoms with Crippen molar-refractivity contribution in [2.45, 2.75) is 25.3 Å². The first-order valence-electron chi connectivity index (χ1n) is 4.57. The van der Waals surface area contributed by atoms with Gasteiger partial charge in [-0.05, 0) is 19.9 Å². The molecule has 1 aliphatic heterocycles. The monoisotopic (exact) mass is 196 g/mol. The highest BCUT2D eigenvalue weighted by molar-refractivity contribution is 5.86. The number of H-pyrrole nitrogens is 1. The third-order valence-electron chi connectivity index (χ3n) is 2.65. The zero-order chi connectivity index (χ0) is 10.1. The number of rotatable bonds is 2. The Hall–Kier alpha value is -1.43. The van der Waals surface area contributed by atoms with Crippen molar-refractivity contribution in [2.24, 2.45) is 0 Å². The number of carboxylic acids is 1. The third kappa shape index (κ3) is 1.37. The Kier molecular flexibility index (Phi) is 2.20.